The van der Waals surface area contributed by atoms with Gasteiger partial charge in [0, 0.05) is 18.7 Å². The number of phenols is 2. The molecule has 0 aliphatic heterocycles. The van der Waals surface area contributed by atoms with Gasteiger partial charge in [0.2, 0.25) is 0 Å². The summed E-state index contributed by atoms with van der Waals surface area (Å²) in [5, 5.41) is 19.1. The first-order valence-corrected chi connectivity index (χ1v) is 9.67. The van der Waals surface area contributed by atoms with Gasteiger partial charge >= 0.3 is 5.97 Å². The van der Waals surface area contributed by atoms with Crippen LogP contribution in [-0.2, 0) is 16.1 Å². The van der Waals surface area contributed by atoms with E-state index in [4.69, 9.17) is 4.74 Å². The van der Waals surface area contributed by atoms with Crippen LogP contribution in [0.4, 0.5) is 4.39 Å². The highest BCUT2D eigenvalue weighted by molar-refractivity contribution is 5.94. The number of hydrogen-bond acceptors (Lipinski definition) is 5. The summed E-state index contributed by atoms with van der Waals surface area (Å²) in [6, 6.07) is 9.54. The summed E-state index contributed by atoms with van der Waals surface area (Å²) in [5.74, 6) is -2.13. The standard InChI is InChI=1S/C22H24FNO5/c23-16-8-6-15(7-9-16)13-24(17-4-2-1-3-5-17)21(27)14-29-22(28)19-11-10-18(25)12-20(19)26/h6-12,17,25-26H,1-5,13-14H2. The normalized spacial score (nSPS) is 14.4. The second kappa shape index (κ2) is 9.41. The van der Waals surface area contributed by atoms with Crippen LogP contribution in [0.25, 0.3) is 0 Å². The van der Waals surface area contributed by atoms with Crippen molar-refractivity contribution in [3.8, 4) is 11.5 Å². The largest absolute Gasteiger partial charge is 0.508 e. The lowest BCUT2D eigenvalue weighted by atomic mass is 9.93. The second-order valence-electron chi connectivity index (χ2n) is 7.22. The van der Waals surface area contributed by atoms with Crippen molar-refractivity contribution in [1.29, 1.82) is 0 Å². The lowest BCUT2D eigenvalue weighted by Crippen LogP contribution is -2.43. The van der Waals surface area contributed by atoms with E-state index in [9.17, 15) is 24.2 Å². The van der Waals surface area contributed by atoms with Gasteiger partial charge in [-0.3, -0.25) is 4.79 Å². The summed E-state index contributed by atoms with van der Waals surface area (Å²) in [6.07, 6.45) is 4.93. The molecule has 1 fully saturated rings. The monoisotopic (exact) mass is 401 g/mol. The van der Waals surface area contributed by atoms with Gasteiger partial charge in [0.05, 0.1) is 0 Å². The summed E-state index contributed by atoms with van der Waals surface area (Å²) >= 11 is 0. The molecule has 154 valence electrons. The number of esters is 1. The first-order valence-electron chi connectivity index (χ1n) is 9.67. The molecule has 6 nitrogen and oxygen atoms in total. The van der Waals surface area contributed by atoms with E-state index >= 15 is 0 Å². The predicted octanol–water partition coefficient (Wildman–Crippen LogP) is 3.76. The fourth-order valence-corrected chi connectivity index (χ4v) is 3.58. The quantitative estimate of drug-likeness (QED) is 0.720. The Balaban J connectivity index is 1.68. The van der Waals surface area contributed by atoms with Gasteiger partial charge in [0.25, 0.3) is 5.91 Å². The lowest BCUT2D eigenvalue weighted by Gasteiger charge is -2.34. The number of ether oxygens (including phenoxy) is 1. The molecule has 29 heavy (non-hydrogen) atoms. The van der Waals surface area contributed by atoms with Crippen molar-refractivity contribution in [1.82, 2.24) is 4.90 Å². The smallest absolute Gasteiger partial charge is 0.342 e. The molecule has 2 aromatic carbocycles. The maximum atomic E-state index is 13.2. The van der Waals surface area contributed by atoms with Crippen LogP contribution in [0.5, 0.6) is 11.5 Å². The molecule has 1 saturated carbocycles. The minimum Gasteiger partial charge on any atom is -0.508 e. The van der Waals surface area contributed by atoms with Crippen molar-refractivity contribution in [3.05, 3.63) is 59.4 Å². The van der Waals surface area contributed by atoms with Gasteiger partial charge in [-0.2, -0.15) is 0 Å². The lowest BCUT2D eigenvalue weighted by molar-refractivity contribution is -0.138. The summed E-state index contributed by atoms with van der Waals surface area (Å²) < 4.78 is 18.3. The highest BCUT2D eigenvalue weighted by atomic mass is 19.1. The number of aromatic hydroxyl groups is 2. The molecular formula is C22H24FNO5. The number of carbonyl (C=O) groups is 2. The van der Waals surface area contributed by atoms with Crippen molar-refractivity contribution >= 4 is 11.9 Å². The zero-order valence-corrected chi connectivity index (χ0v) is 16.0. The number of rotatable bonds is 6. The third-order valence-electron chi connectivity index (χ3n) is 5.13. The molecule has 3 rings (SSSR count). The highest BCUT2D eigenvalue weighted by Crippen LogP contribution is 2.25. The summed E-state index contributed by atoms with van der Waals surface area (Å²) in [4.78, 5) is 26.8. The van der Waals surface area contributed by atoms with Gasteiger partial charge < -0.3 is 19.8 Å². The van der Waals surface area contributed by atoms with Gasteiger partial charge in [0.1, 0.15) is 22.9 Å². The first-order chi connectivity index (χ1) is 13.9. The summed E-state index contributed by atoms with van der Waals surface area (Å²) in [6.45, 7) is -0.150. The predicted molar refractivity (Wildman–Crippen MR) is 104 cm³/mol. The van der Waals surface area contributed by atoms with Crippen LogP contribution < -0.4 is 0 Å². The highest BCUT2D eigenvalue weighted by Gasteiger charge is 2.27. The Labute approximate surface area is 168 Å². The minimum absolute atomic E-state index is 0.0436. The minimum atomic E-state index is -0.846. The van der Waals surface area contributed by atoms with E-state index < -0.39 is 18.3 Å². The molecule has 0 spiro atoms. The maximum absolute atomic E-state index is 13.2. The number of amides is 1. The molecule has 0 saturated heterocycles. The molecule has 0 heterocycles. The second-order valence-corrected chi connectivity index (χ2v) is 7.22. The first kappa shape index (κ1) is 20.6. The third-order valence-corrected chi connectivity index (χ3v) is 5.13. The Morgan fingerprint density at radius 3 is 2.38 bits per heavy atom. The average Bonchev–Trinajstić information content (AvgIpc) is 2.72. The number of benzene rings is 2. The van der Waals surface area contributed by atoms with E-state index in [1.165, 1.54) is 24.3 Å². The molecule has 0 bridgehead atoms. The molecule has 0 aromatic heterocycles. The number of carbonyl (C=O) groups excluding carboxylic acids is 2. The van der Waals surface area contributed by atoms with Crippen LogP contribution in [0.3, 0.4) is 0 Å². The molecule has 2 aromatic rings. The number of halogens is 1. The molecule has 7 heteroatoms. The Hall–Kier alpha value is -3.09. The van der Waals surface area contributed by atoms with E-state index in [1.807, 2.05) is 0 Å². The van der Waals surface area contributed by atoms with Gasteiger partial charge in [-0.1, -0.05) is 31.4 Å². The third kappa shape index (κ3) is 5.47. The summed E-state index contributed by atoms with van der Waals surface area (Å²) in [7, 11) is 0. The van der Waals surface area contributed by atoms with E-state index in [2.05, 4.69) is 0 Å². The molecule has 1 amide bonds. The van der Waals surface area contributed by atoms with Crippen LogP contribution >= 0.6 is 0 Å². The summed E-state index contributed by atoms with van der Waals surface area (Å²) in [5.41, 5.74) is 0.672. The van der Waals surface area contributed by atoms with E-state index in [0.717, 1.165) is 43.7 Å². The molecule has 0 radical (unpaired) electrons. The molecule has 2 N–H and O–H groups in total. The van der Waals surface area contributed by atoms with Crippen LogP contribution in [0.15, 0.2) is 42.5 Å². The number of phenolic OH excluding ortho intramolecular Hbond substituents is 2. The van der Waals surface area contributed by atoms with Gasteiger partial charge in [-0.15, -0.1) is 0 Å². The van der Waals surface area contributed by atoms with Gasteiger partial charge in [-0.05, 0) is 42.7 Å². The molecule has 0 atom stereocenters. The zero-order chi connectivity index (χ0) is 20.8. The van der Waals surface area contributed by atoms with Crippen molar-refractivity contribution < 1.29 is 28.9 Å². The average molecular weight is 401 g/mol. The Morgan fingerprint density at radius 2 is 1.72 bits per heavy atom. The fourth-order valence-electron chi connectivity index (χ4n) is 3.58. The van der Waals surface area contributed by atoms with Crippen molar-refractivity contribution in [2.75, 3.05) is 6.61 Å². The Bertz CT molecular complexity index is 862. The molecule has 1 aliphatic carbocycles. The van der Waals surface area contributed by atoms with Crippen LogP contribution in [0.2, 0.25) is 0 Å². The maximum Gasteiger partial charge on any atom is 0.342 e. The van der Waals surface area contributed by atoms with E-state index in [0.29, 0.717) is 6.54 Å². The van der Waals surface area contributed by atoms with E-state index in [-0.39, 0.29) is 29.1 Å². The topological polar surface area (TPSA) is 87.1 Å². The van der Waals surface area contributed by atoms with Gasteiger partial charge in [-0.25, -0.2) is 9.18 Å². The molecular weight excluding hydrogens is 377 g/mol. The van der Waals surface area contributed by atoms with Crippen LogP contribution in [-0.4, -0.2) is 39.6 Å². The zero-order valence-electron chi connectivity index (χ0n) is 16.0. The number of nitrogens with zero attached hydrogens (tertiary/aromatic N) is 1. The van der Waals surface area contributed by atoms with Crippen LogP contribution in [0.1, 0.15) is 48.0 Å². The fraction of sp³-hybridized carbons (Fsp3) is 0.364. The van der Waals surface area contributed by atoms with Crippen LogP contribution in [0, 0.1) is 5.82 Å². The molecule has 1 aliphatic rings. The Kier molecular flexibility index (Phi) is 6.69. The van der Waals surface area contributed by atoms with Crippen molar-refractivity contribution in [3.63, 3.8) is 0 Å². The van der Waals surface area contributed by atoms with Crippen molar-refractivity contribution in [2.24, 2.45) is 0 Å². The number of hydrogen-bond donors (Lipinski definition) is 2. The van der Waals surface area contributed by atoms with Crippen molar-refractivity contribution in [2.45, 2.75) is 44.7 Å². The van der Waals surface area contributed by atoms with E-state index in [1.54, 1.807) is 17.0 Å². The molecule has 0 unspecified atom stereocenters. The SMILES string of the molecule is O=C(OCC(=O)N(Cc1ccc(F)cc1)C1CCCCC1)c1ccc(O)cc1O. The Morgan fingerprint density at radius 1 is 1.03 bits per heavy atom. The van der Waals surface area contributed by atoms with Gasteiger partial charge in [0.15, 0.2) is 6.61 Å².